The predicted molar refractivity (Wildman–Crippen MR) is 80.9 cm³/mol. The van der Waals surface area contributed by atoms with E-state index in [1.807, 2.05) is 24.3 Å². The summed E-state index contributed by atoms with van der Waals surface area (Å²) in [6, 6.07) is 7.67. The number of para-hydroxylation sites is 2. The van der Waals surface area contributed by atoms with E-state index < -0.39 is 0 Å². The molecule has 1 heterocycles. The summed E-state index contributed by atoms with van der Waals surface area (Å²) in [5, 5.41) is 0. The number of aromatic nitrogens is 1. The van der Waals surface area contributed by atoms with E-state index >= 15 is 0 Å². The molecule has 1 saturated carbocycles. The molecule has 1 aromatic carbocycles. The highest BCUT2D eigenvalue weighted by atomic mass is 16.4. The molecule has 0 unspecified atom stereocenters. The second kappa shape index (κ2) is 6.29. The van der Waals surface area contributed by atoms with Gasteiger partial charge < -0.3 is 4.42 Å². The van der Waals surface area contributed by atoms with Gasteiger partial charge in [0, 0.05) is 6.54 Å². The molecular weight excluding hydrogens is 250 g/mol. The van der Waals surface area contributed by atoms with Crippen molar-refractivity contribution in [3.05, 3.63) is 34.8 Å². The first kappa shape index (κ1) is 13.5. The lowest BCUT2D eigenvalue weighted by Crippen LogP contribution is -2.14. The van der Waals surface area contributed by atoms with Crippen LogP contribution in [0, 0.1) is 5.92 Å². The van der Waals surface area contributed by atoms with Gasteiger partial charge in [0.25, 0.3) is 0 Å². The monoisotopic (exact) mass is 273 g/mol. The highest BCUT2D eigenvalue weighted by Crippen LogP contribution is 2.27. The van der Waals surface area contributed by atoms with Crippen molar-refractivity contribution >= 4 is 11.1 Å². The summed E-state index contributed by atoms with van der Waals surface area (Å²) in [5.74, 6) is 0.713. The molecule has 0 N–H and O–H groups in total. The van der Waals surface area contributed by atoms with Crippen LogP contribution in [0.15, 0.2) is 33.5 Å². The summed E-state index contributed by atoms with van der Waals surface area (Å²) in [4.78, 5) is 11.8. The molecule has 0 amide bonds. The number of aryl methyl sites for hydroxylation is 1. The van der Waals surface area contributed by atoms with Crippen LogP contribution in [0.4, 0.5) is 0 Å². The first-order valence-corrected chi connectivity index (χ1v) is 7.93. The molecule has 1 fully saturated rings. The van der Waals surface area contributed by atoms with Gasteiger partial charge in [-0.2, -0.15) is 0 Å². The maximum atomic E-state index is 11.8. The van der Waals surface area contributed by atoms with Crippen LogP contribution in [0.2, 0.25) is 0 Å². The number of hydrogen-bond donors (Lipinski definition) is 0. The third-order valence-corrected chi connectivity index (χ3v) is 4.54. The largest absolute Gasteiger partial charge is 0.419 e. The Hall–Kier alpha value is -1.51. The van der Waals surface area contributed by atoms with E-state index in [-0.39, 0.29) is 5.76 Å². The lowest BCUT2D eigenvalue weighted by atomic mass is 9.86. The number of fused-ring (bicyclic) bond motifs is 1. The van der Waals surface area contributed by atoms with Crippen molar-refractivity contribution in [1.29, 1.82) is 0 Å². The summed E-state index contributed by atoms with van der Waals surface area (Å²) in [6.45, 7) is 0.780. The molecule has 0 radical (unpaired) electrons. The summed E-state index contributed by atoms with van der Waals surface area (Å²) in [6.07, 6.45) is 10.7. The van der Waals surface area contributed by atoms with E-state index in [9.17, 15) is 4.79 Å². The summed E-state index contributed by atoms with van der Waals surface area (Å²) in [7, 11) is 0. The van der Waals surface area contributed by atoms with Gasteiger partial charge in [-0.05, 0) is 24.5 Å². The van der Waals surface area contributed by atoms with Crippen molar-refractivity contribution in [1.82, 2.24) is 4.57 Å². The smallest absolute Gasteiger partial charge is 0.408 e. The topological polar surface area (TPSA) is 35.1 Å². The molecule has 0 bridgehead atoms. The maximum Gasteiger partial charge on any atom is 0.419 e. The van der Waals surface area contributed by atoms with E-state index in [4.69, 9.17) is 4.42 Å². The van der Waals surface area contributed by atoms with Gasteiger partial charge >= 0.3 is 5.76 Å². The van der Waals surface area contributed by atoms with Gasteiger partial charge in [-0.15, -0.1) is 0 Å². The van der Waals surface area contributed by atoms with Gasteiger partial charge in [0.05, 0.1) is 5.52 Å². The van der Waals surface area contributed by atoms with Crippen LogP contribution in [-0.4, -0.2) is 4.57 Å². The summed E-state index contributed by atoms with van der Waals surface area (Å²) < 4.78 is 7.03. The molecule has 108 valence electrons. The third-order valence-electron chi connectivity index (χ3n) is 4.54. The molecule has 2 aromatic rings. The second-order valence-corrected chi connectivity index (χ2v) is 5.99. The minimum atomic E-state index is -0.219. The van der Waals surface area contributed by atoms with Gasteiger partial charge in [0.1, 0.15) is 0 Å². The molecule has 1 aliphatic carbocycles. The Morgan fingerprint density at radius 2 is 1.90 bits per heavy atom. The second-order valence-electron chi connectivity index (χ2n) is 5.99. The highest BCUT2D eigenvalue weighted by Gasteiger charge is 2.13. The molecular formula is C17H23NO2. The molecule has 1 aromatic heterocycles. The quantitative estimate of drug-likeness (QED) is 0.759. The predicted octanol–water partition coefficient (Wildman–Crippen LogP) is 4.35. The number of benzene rings is 1. The van der Waals surface area contributed by atoms with Gasteiger partial charge in [-0.3, -0.25) is 4.57 Å². The van der Waals surface area contributed by atoms with Gasteiger partial charge in [-0.25, -0.2) is 4.79 Å². The standard InChI is InChI=1S/C17H23NO2/c19-17-18(15-11-4-5-12-16(15)20-17)13-7-6-10-14-8-2-1-3-9-14/h4-5,11-12,14H,1-3,6-10,13H2. The Balaban J connectivity index is 1.54. The van der Waals surface area contributed by atoms with E-state index in [0.717, 1.165) is 24.4 Å². The van der Waals surface area contributed by atoms with Crippen molar-refractivity contribution in [3.63, 3.8) is 0 Å². The Bertz CT molecular complexity index is 605. The fraction of sp³-hybridized carbons (Fsp3) is 0.588. The van der Waals surface area contributed by atoms with Gasteiger partial charge in [0.2, 0.25) is 0 Å². The fourth-order valence-electron chi connectivity index (χ4n) is 3.40. The van der Waals surface area contributed by atoms with E-state index in [2.05, 4.69) is 0 Å². The first-order chi connectivity index (χ1) is 9.84. The molecule has 0 atom stereocenters. The number of rotatable bonds is 5. The molecule has 20 heavy (non-hydrogen) atoms. The van der Waals surface area contributed by atoms with E-state index in [1.54, 1.807) is 4.57 Å². The van der Waals surface area contributed by atoms with Crippen molar-refractivity contribution < 1.29 is 4.42 Å². The van der Waals surface area contributed by atoms with Crippen molar-refractivity contribution in [2.45, 2.75) is 57.9 Å². The summed E-state index contributed by atoms with van der Waals surface area (Å²) in [5.41, 5.74) is 1.62. The molecule has 0 saturated heterocycles. The number of unbranched alkanes of at least 4 members (excludes halogenated alkanes) is 1. The van der Waals surface area contributed by atoms with Crippen LogP contribution >= 0.6 is 0 Å². The first-order valence-electron chi connectivity index (χ1n) is 7.93. The van der Waals surface area contributed by atoms with Crippen LogP contribution in [0.5, 0.6) is 0 Å². The molecule has 1 aliphatic rings. The van der Waals surface area contributed by atoms with Crippen LogP contribution in [-0.2, 0) is 6.54 Å². The number of hydrogen-bond acceptors (Lipinski definition) is 2. The molecule has 3 nitrogen and oxygen atoms in total. The van der Waals surface area contributed by atoms with Crippen molar-refractivity contribution in [2.75, 3.05) is 0 Å². The number of nitrogens with zero attached hydrogens (tertiary/aromatic N) is 1. The van der Waals surface area contributed by atoms with Crippen LogP contribution in [0.1, 0.15) is 51.4 Å². The molecule has 0 aliphatic heterocycles. The van der Waals surface area contributed by atoms with E-state index in [1.165, 1.54) is 44.9 Å². The average molecular weight is 273 g/mol. The maximum absolute atomic E-state index is 11.8. The van der Waals surface area contributed by atoms with Gasteiger partial charge in [0.15, 0.2) is 5.58 Å². The third kappa shape index (κ3) is 2.97. The minimum absolute atomic E-state index is 0.219. The number of oxazole rings is 1. The average Bonchev–Trinajstić information content (AvgIpc) is 2.80. The van der Waals surface area contributed by atoms with Crippen molar-refractivity contribution in [2.24, 2.45) is 5.92 Å². The van der Waals surface area contributed by atoms with Crippen LogP contribution < -0.4 is 5.76 Å². The Morgan fingerprint density at radius 3 is 2.75 bits per heavy atom. The molecule has 0 spiro atoms. The normalized spacial score (nSPS) is 16.8. The zero-order chi connectivity index (χ0) is 13.8. The van der Waals surface area contributed by atoms with Crippen LogP contribution in [0.3, 0.4) is 0 Å². The lowest BCUT2D eigenvalue weighted by molar-refractivity contribution is 0.326. The Morgan fingerprint density at radius 1 is 1.10 bits per heavy atom. The fourth-order valence-corrected chi connectivity index (χ4v) is 3.40. The van der Waals surface area contributed by atoms with Gasteiger partial charge in [-0.1, -0.05) is 57.1 Å². The zero-order valence-electron chi connectivity index (χ0n) is 12.0. The van der Waals surface area contributed by atoms with E-state index in [0.29, 0.717) is 5.58 Å². The zero-order valence-corrected chi connectivity index (χ0v) is 12.0. The Kier molecular flexibility index (Phi) is 4.24. The minimum Gasteiger partial charge on any atom is -0.408 e. The Labute approximate surface area is 119 Å². The summed E-state index contributed by atoms with van der Waals surface area (Å²) >= 11 is 0. The lowest BCUT2D eigenvalue weighted by Gasteiger charge is -2.21. The molecule has 3 heteroatoms. The SMILES string of the molecule is O=c1oc2ccccc2n1CCCCC1CCCCC1. The van der Waals surface area contributed by atoms with Crippen molar-refractivity contribution in [3.8, 4) is 0 Å². The van der Waals surface area contributed by atoms with Crippen LogP contribution in [0.25, 0.3) is 11.1 Å². The molecule has 3 rings (SSSR count). The highest BCUT2D eigenvalue weighted by molar-refractivity contribution is 5.72.